The molecule has 1 heterocycles. The van der Waals surface area contributed by atoms with Crippen molar-refractivity contribution in [2.45, 2.75) is 33.1 Å². The summed E-state index contributed by atoms with van der Waals surface area (Å²) in [4.78, 5) is 25.7. The lowest BCUT2D eigenvalue weighted by Gasteiger charge is -2.13. The van der Waals surface area contributed by atoms with Gasteiger partial charge >= 0.3 is 5.97 Å². The average Bonchev–Trinajstić information content (AvgIpc) is 3.20. The largest absolute Gasteiger partial charge is 0.453 e. The van der Waals surface area contributed by atoms with Crippen LogP contribution >= 0.6 is 0 Å². The molecular weight excluding hydrogens is 428 g/mol. The Hall–Kier alpha value is -4.19. The highest BCUT2D eigenvalue weighted by atomic mass is 16.5. The zero-order valence-corrected chi connectivity index (χ0v) is 19.1. The van der Waals surface area contributed by atoms with Crippen molar-refractivity contribution in [3.63, 3.8) is 0 Å². The molecular formula is C28H24N2O4. The van der Waals surface area contributed by atoms with Gasteiger partial charge < -0.3 is 9.15 Å². The van der Waals surface area contributed by atoms with Gasteiger partial charge in [0.05, 0.1) is 5.71 Å². The van der Waals surface area contributed by atoms with Gasteiger partial charge in [-0.3, -0.25) is 4.79 Å². The van der Waals surface area contributed by atoms with Crippen molar-refractivity contribution in [3.05, 3.63) is 101 Å². The maximum absolute atomic E-state index is 13.1. The number of benzene rings is 3. The van der Waals surface area contributed by atoms with Gasteiger partial charge in [0.25, 0.3) is 5.91 Å². The lowest BCUT2D eigenvalue weighted by Crippen LogP contribution is -2.22. The molecule has 1 aliphatic rings. The van der Waals surface area contributed by atoms with Crippen molar-refractivity contribution < 1.29 is 18.7 Å². The molecule has 1 aromatic heterocycles. The molecule has 1 N–H and O–H groups in total. The van der Waals surface area contributed by atoms with Crippen molar-refractivity contribution >= 4 is 28.4 Å². The van der Waals surface area contributed by atoms with E-state index in [2.05, 4.69) is 10.5 Å². The first-order chi connectivity index (χ1) is 16.5. The Bertz CT molecular complexity index is 1440. The third-order valence-corrected chi connectivity index (χ3v) is 6.15. The molecule has 3 aromatic carbocycles. The number of hydrogen-bond donors (Lipinski definition) is 1. The third kappa shape index (κ3) is 3.99. The van der Waals surface area contributed by atoms with Gasteiger partial charge in [0.15, 0.2) is 0 Å². The van der Waals surface area contributed by atoms with Gasteiger partial charge in [0.2, 0.25) is 5.76 Å². The molecule has 0 bridgehead atoms. The van der Waals surface area contributed by atoms with Crippen LogP contribution in [0.1, 0.15) is 56.2 Å². The third-order valence-electron chi connectivity index (χ3n) is 6.15. The van der Waals surface area contributed by atoms with Crippen molar-refractivity contribution in [3.8, 4) is 5.75 Å². The molecule has 0 fully saturated rings. The summed E-state index contributed by atoms with van der Waals surface area (Å²) in [6.45, 7) is 3.71. The lowest BCUT2D eigenvalue weighted by atomic mass is 9.93. The van der Waals surface area contributed by atoms with Gasteiger partial charge in [0.1, 0.15) is 11.5 Å². The summed E-state index contributed by atoms with van der Waals surface area (Å²) >= 11 is 0. The second kappa shape index (κ2) is 8.98. The molecule has 6 heteroatoms. The van der Waals surface area contributed by atoms with E-state index < -0.39 is 5.97 Å². The molecule has 5 rings (SSSR count). The van der Waals surface area contributed by atoms with E-state index in [0.29, 0.717) is 41.2 Å². The molecule has 1 aliphatic carbocycles. The minimum atomic E-state index is -0.549. The fourth-order valence-electron chi connectivity index (χ4n) is 4.41. The van der Waals surface area contributed by atoms with Gasteiger partial charge in [-0.15, -0.1) is 0 Å². The van der Waals surface area contributed by atoms with E-state index >= 15 is 0 Å². The SMILES string of the molecule is Cc1ccccc1C(=O)N/N=C1\CCCc2oc(C(=O)Oc3cccc4ccccc34)c(C)c21. The van der Waals surface area contributed by atoms with Crippen LogP contribution in [0.25, 0.3) is 10.8 Å². The van der Waals surface area contributed by atoms with Crippen LogP contribution < -0.4 is 10.2 Å². The number of carbonyl (C=O) groups is 2. The summed E-state index contributed by atoms with van der Waals surface area (Å²) in [5.41, 5.74) is 6.27. The molecule has 34 heavy (non-hydrogen) atoms. The minimum absolute atomic E-state index is 0.165. The number of nitrogens with one attached hydrogen (secondary N) is 1. The Morgan fingerprint density at radius 2 is 1.71 bits per heavy atom. The van der Waals surface area contributed by atoms with Gasteiger partial charge in [-0.2, -0.15) is 5.10 Å². The highest BCUT2D eigenvalue weighted by molar-refractivity contribution is 6.07. The molecule has 0 aliphatic heterocycles. The van der Waals surface area contributed by atoms with Gasteiger partial charge in [-0.05, 0) is 49.8 Å². The summed E-state index contributed by atoms with van der Waals surface area (Å²) in [7, 11) is 0. The average molecular weight is 453 g/mol. The molecule has 0 saturated carbocycles. The number of hydrogen-bond acceptors (Lipinski definition) is 5. The van der Waals surface area contributed by atoms with Gasteiger partial charge in [-0.25, -0.2) is 10.2 Å². The van der Waals surface area contributed by atoms with Crippen LogP contribution in [-0.4, -0.2) is 17.6 Å². The highest BCUT2D eigenvalue weighted by Crippen LogP contribution is 2.32. The molecule has 1 amide bonds. The van der Waals surface area contributed by atoms with E-state index in [1.165, 1.54) is 0 Å². The molecule has 170 valence electrons. The van der Waals surface area contributed by atoms with Crippen LogP contribution in [0.3, 0.4) is 0 Å². The number of amides is 1. The molecule has 0 atom stereocenters. The highest BCUT2D eigenvalue weighted by Gasteiger charge is 2.29. The number of aryl methyl sites for hydroxylation is 2. The minimum Gasteiger partial charge on any atom is -0.453 e. The van der Waals surface area contributed by atoms with E-state index in [-0.39, 0.29) is 11.7 Å². The predicted octanol–water partition coefficient (Wildman–Crippen LogP) is 5.74. The first-order valence-corrected chi connectivity index (χ1v) is 11.3. The number of carbonyl (C=O) groups excluding carboxylic acids is 2. The lowest BCUT2D eigenvalue weighted by molar-refractivity contribution is 0.0700. The van der Waals surface area contributed by atoms with Crippen molar-refractivity contribution in [2.24, 2.45) is 5.10 Å². The molecule has 6 nitrogen and oxygen atoms in total. The summed E-state index contributed by atoms with van der Waals surface area (Å²) in [6, 6.07) is 20.7. The molecule has 0 unspecified atom stereocenters. The van der Waals surface area contributed by atoms with E-state index in [0.717, 1.165) is 28.3 Å². The van der Waals surface area contributed by atoms with E-state index in [9.17, 15) is 9.59 Å². The fraction of sp³-hybridized carbons (Fsp3) is 0.179. The number of esters is 1. The fourth-order valence-corrected chi connectivity index (χ4v) is 4.41. The van der Waals surface area contributed by atoms with E-state index in [4.69, 9.17) is 9.15 Å². The van der Waals surface area contributed by atoms with Crippen molar-refractivity contribution in [2.75, 3.05) is 0 Å². The Kier molecular flexibility index (Phi) is 5.72. The number of nitrogens with zero attached hydrogens (tertiary/aromatic N) is 1. The zero-order valence-electron chi connectivity index (χ0n) is 19.1. The standard InChI is InChI=1S/C28H24N2O4/c1-17-9-3-5-12-20(17)27(31)30-29-22-14-8-16-24-25(22)18(2)26(33-24)28(32)34-23-15-7-11-19-10-4-6-13-21(19)23/h3-7,9-13,15H,8,14,16H2,1-2H3,(H,30,31)/b29-22+. The topological polar surface area (TPSA) is 80.9 Å². The summed E-state index contributed by atoms with van der Waals surface area (Å²) in [5.74, 6) is 0.521. The monoisotopic (exact) mass is 452 g/mol. The molecule has 0 radical (unpaired) electrons. The molecule has 0 spiro atoms. The Balaban J connectivity index is 1.42. The van der Waals surface area contributed by atoms with Gasteiger partial charge in [0, 0.05) is 28.5 Å². The van der Waals surface area contributed by atoms with Crippen LogP contribution in [-0.2, 0) is 6.42 Å². The second-order valence-electron chi connectivity index (χ2n) is 8.39. The number of ether oxygens (including phenoxy) is 1. The summed E-state index contributed by atoms with van der Waals surface area (Å²) in [6.07, 6.45) is 2.19. The summed E-state index contributed by atoms with van der Waals surface area (Å²) < 4.78 is 11.7. The molecule has 0 saturated heterocycles. The van der Waals surface area contributed by atoms with Crippen molar-refractivity contribution in [1.29, 1.82) is 0 Å². The maximum atomic E-state index is 13.1. The molecule has 4 aromatic rings. The Morgan fingerprint density at radius 3 is 2.56 bits per heavy atom. The van der Waals surface area contributed by atoms with Gasteiger partial charge in [-0.1, -0.05) is 54.6 Å². The first-order valence-electron chi connectivity index (χ1n) is 11.3. The quantitative estimate of drug-likeness (QED) is 0.243. The number of rotatable bonds is 4. The Morgan fingerprint density at radius 1 is 0.941 bits per heavy atom. The van der Waals surface area contributed by atoms with Crippen LogP contribution in [0.4, 0.5) is 0 Å². The number of hydrazone groups is 1. The normalized spacial score (nSPS) is 14.1. The van der Waals surface area contributed by atoms with Crippen molar-refractivity contribution in [1.82, 2.24) is 5.43 Å². The summed E-state index contributed by atoms with van der Waals surface area (Å²) in [5, 5.41) is 6.25. The second-order valence-corrected chi connectivity index (χ2v) is 8.39. The van der Waals surface area contributed by atoms with Crippen LogP contribution in [0.2, 0.25) is 0 Å². The van der Waals surface area contributed by atoms with Crippen LogP contribution in [0.5, 0.6) is 5.75 Å². The first kappa shape index (κ1) is 21.6. The number of furan rings is 1. The zero-order chi connectivity index (χ0) is 23.7. The van der Waals surface area contributed by atoms with Crippen LogP contribution in [0.15, 0.2) is 76.2 Å². The van der Waals surface area contributed by atoms with E-state index in [1.54, 1.807) is 12.1 Å². The maximum Gasteiger partial charge on any atom is 0.379 e. The smallest absolute Gasteiger partial charge is 0.379 e. The van der Waals surface area contributed by atoms with E-state index in [1.807, 2.05) is 68.4 Å². The predicted molar refractivity (Wildman–Crippen MR) is 130 cm³/mol. The van der Waals surface area contributed by atoms with Crippen LogP contribution in [0, 0.1) is 13.8 Å². The number of fused-ring (bicyclic) bond motifs is 2. The Labute approximate surface area is 197 Å².